The fourth-order valence-corrected chi connectivity index (χ4v) is 1.97. The van der Waals surface area contributed by atoms with Gasteiger partial charge in [-0.3, -0.25) is 10.1 Å². The van der Waals surface area contributed by atoms with E-state index in [2.05, 4.69) is 5.32 Å². The number of nitro benzene ring substituents is 1. The van der Waals surface area contributed by atoms with E-state index in [1.165, 1.54) is 12.1 Å². The predicted octanol–water partition coefficient (Wildman–Crippen LogP) is 4.15. The topological polar surface area (TPSA) is 77.5 Å². The number of nitrogens with one attached hydrogen (secondary N) is 1. The van der Waals surface area contributed by atoms with Crippen molar-refractivity contribution in [3.05, 3.63) is 52.5 Å². The first-order valence-corrected chi connectivity index (χ1v) is 6.72. The lowest BCUT2D eigenvalue weighted by Gasteiger charge is -2.15. The van der Waals surface area contributed by atoms with Crippen molar-refractivity contribution in [2.45, 2.75) is 32.9 Å². The number of furan rings is 1. The van der Waals surface area contributed by atoms with Crippen LogP contribution in [0.15, 0.2) is 41.0 Å². The molecule has 6 heteroatoms. The van der Waals surface area contributed by atoms with Gasteiger partial charge in [-0.2, -0.15) is 0 Å². The number of nitrogens with zero attached hydrogens (tertiary/aromatic N) is 1. The van der Waals surface area contributed by atoms with Gasteiger partial charge in [0.05, 0.1) is 29.4 Å². The minimum atomic E-state index is -0.435. The summed E-state index contributed by atoms with van der Waals surface area (Å²) >= 11 is 0. The molecular formula is C15H18N2O4. The summed E-state index contributed by atoms with van der Waals surface area (Å²) < 4.78 is 10.9. The van der Waals surface area contributed by atoms with E-state index >= 15 is 0 Å². The smallest absolute Gasteiger partial charge is 0.275 e. The molecule has 0 saturated heterocycles. The summed E-state index contributed by atoms with van der Waals surface area (Å²) in [5.74, 6) is 1.22. The zero-order valence-electron chi connectivity index (χ0n) is 12.2. The molecule has 21 heavy (non-hydrogen) atoms. The third-order valence-electron chi connectivity index (χ3n) is 2.83. The van der Waals surface area contributed by atoms with Crippen molar-refractivity contribution in [2.75, 3.05) is 5.32 Å². The Balaban J connectivity index is 2.25. The summed E-state index contributed by atoms with van der Waals surface area (Å²) in [7, 11) is 0. The molecule has 112 valence electrons. The average Bonchev–Trinajstić information content (AvgIpc) is 2.91. The van der Waals surface area contributed by atoms with Gasteiger partial charge in [0.1, 0.15) is 11.5 Å². The van der Waals surface area contributed by atoms with E-state index in [0.717, 1.165) is 5.76 Å². The molecule has 0 fully saturated rings. The van der Waals surface area contributed by atoms with Crippen LogP contribution in [-0.2, 0) is 0 Å². The second kappa shape index (κ2) is 6.30. The maximum absolute atomic E-state index is 11.0. The molecule has 0 aliphatic rings. The maximum atomic E-state index is 11.0. The Kier molecular flexibility index (Phi) is 4.47. The molecule has 0 spiro atoms. The van der Waals surface area contributed by atoms with Crippen LogP contribution in [0.1, 0.15) is 32.6 Å². The number of non-ortho nitro benzene ring substituents is 1. The minimum Gasteiger partial charge on any atom is -0.491 e. The molecule has 0 radical (unpaired) electrons. The Morgan fingerprint density at radius 2 is 2.05 bits per heavy atom. The molecule has 1 aromatic carbocycles. The largest absolute Gasteiger partial charge is 0.491 e. The van der Waals surface area contributed by atoms with Crippen molar-refractivity contribution in [3.63, 3.8) is 0 Å². The number of anilines is 1. The molecule has 0 amide bonds. The average molecular weight is 290 g/mol. The quantitative estimate of drug-likeness (QED) is 0.638. The Morgan fingerprint density at radius 1 is 1.29 bits per heavy atom. The van der Waals surface area contributed by atoms with E-state index in [9.17, 15) is 10.1 Å². The van der Waals surface area contributed by atoms with Crippen molar-refractivity contribution in [3.8, 4) is 5.75 Å². The van der Waals surface area contributed by atoms with Crippen LogP contribution < -0.4 is 10.1 Å². The van der Waals surface area contributed by atoms with Gasteiger partial charge >= 0.3 is 0 Å². The summed E-state index contributed by atoms with van der Waals surface area (Å²) in [6.45, 7) is 5.66. The van der Waals surface area contributed by atoms with Crippen LogP contribution in [-0.4, -0.2) is 11.0 Å². The molecule has 2 aromatic rings. The van der Waals surface area contributed by atoms with Crippen molar-refractivity contribution < 1.29 is 14.1 Å². The number of ether oxygens (including phenoxy) is 1. The molecule has 1 heterocycles. The highest BCUT2D eigenvalue weighted by Crippen LogP contribution is 2.29. The first kappa shape index (κ1) is 14.9. The molecule has 0 bridgehead atoms. The standard InChI is InChI=1S/C15H18N2O4/c1-10(2)21-14-8-12(7-13(9-14)17(18)19)16-11(3)15-5-4-6-20-15/h4-11,16H,1-3H3. The molecule has 1 aromatic heterocycles. The monoisotopic (exact) mass is 290 g/mol. The predicted molar refractivity (Wildman–Crippen MR) is 79.6 cm³/mol. The molecule has 0 aliphatic heterocycles. The molecule has 0 aliphatic carbocycles. The number of benzene rings is 1. The molecular weight excluding hydrogens is 272 g/mol. The van der Waals surface area contributed by atoms with Gasteiger partial charge in [0.2, 0.25) is 0 Å². The zero-order chi connectivity index (χ0) is 15.4. The van der Waals surface area contributed by atoms with Crippen LogP contribution >= 0.6 is 0 Å². The van der Waals surface area contributed by atoms with Crippen LogP contribution in [0.2, 0.25) is 0 Å². The number of hydrogen-bond acceptors (Lipinski definition) is 5. The lowest BCUT2D eigenvalue weighted by Crippen LogP contribution is -2.08. The SMILES string of the molecule is CC(C)Oc1cc(NC(C)c2ccco2)cc([N+](=O)[O-])c1. The summed E-state index contributed by atoms with van der Waals surface area (Å²) in [6, 6.07) is 8.19. The Bertz CT molecular complexity index is 608. The summed E-state index contributed by atoms with van der Waals surface area (Å²) in [5, 5.41) is 14.2. The van der Waals surface area contributed by atoms with Crippen LogP contribution in [0.3, 0.4) is 0 Å². The second-order valence-electron chi connectivity index (χ2n) is 5.02. The third kappa shape index (κ3) is 3.98. The van der Waals surface area contributed by atoms with Gasteiger partial charge in [0, 0.05) is 17.8 Å². The molecule has 6 nitrogen and oxygen atoms in total. The highest BCUT2D eigenvalue weighted by Gasteiger charge is 2.14. The van der Waals surface area contributed by atoms with E-state index in [-0.39, 0.29) is 17.8 Å². The number of hydrogen-bond donors (Lipinski definition) is 1. The second-order valence-corrected chi connectivity index (χ2v) is 5.02. The Labute approximate surface area is 122 Å². The van der Waals surface area contributed by atoms with Crippen LogP contribution in [0.25, 0.3) is 0 Å². The van der Waals surface area contributed by atoms with Crippen LogP contribution in [0, 0.1) is 10.1 Å². The third-order valence-corrected chi connectivity index (χ3v) is 2.83. The van der Waals surface area contributed by atoms with Gasteiger partial charge in [-0.25, -0.2) is 0 Å². The number of nitro groups is 1. The van der Waals surface area contributed by atoms with E-state index in [0.29, 0.717) is 11.4 Å². The van der Waals surface area contributed by atoms with Gasteiger partial charge in [0.25, 0.3) is 5.69 Å². The number of rotatable bonds is 6. The molecule has 1 N–H and O–H groups in total. The van der Waals surface area contributed by atoms with E-state index < -0.39 is 4.92 Å². The fraction of sp³-hybridized carbons (Fsp3) is 0.333. The van der Waals surface area contributed by atoms with E-state index in [4.69, 9.17) is 9.15 Å². The maximum Gasteiger partial charge on any atom is 0.275 e. The van der Waals surface area contributed by atoms with E-state index in [1.54, 1.807) is 18.4 Å². The van der Waals surface area contributed by atoms with Crippen molar-refractivity contribution in [1.29, 1.82) is 0 Å². The van der Waals surface area contributed by atoms with Gasteiger partial charge in [-0.1, -0.05) is 0 Å². The molecule has 0 saturated carbocycles. The highest BCUT2D eigenvalue weighted by atomic mass is 16.6. The Morgan fingerprint density at radius 3 is 2.62 bits per heavy atom. The van der Waals surface area contributed by atoms with Gasteiger partial charge in [-0.05, 0) is 32.9 Å². The van der Waals surface area contributed by atoms with Crippen molar-refractivity contribution >= 4 is 11.4 Å². The zero-order valence-corrected chi connectivity index (χ0v) is 12.2. The first-order valence-electron chi connectivity index (χ1n) is 6.72. The molecule has 1 atom stereocenters. The van der Waals surface area contributed by atoms with Crippen molar-refractivity contribution in [1.82, 2.24) is 0 Å². The van der Waals surface area contributed by atoms with Crippen LogP contribution in [0.4, 0.5) is 11.4 Å². The molecule has 1 unspecified atom stereocenters. The van der Waals surface area contributed by atoms with Crippen molar-refractivity contribution in [2.24, 2.45) is 0 Å². The highest BCUT2D eigenvalue weighted by molar-refractivity contribution is 5.57. The van der Waals surface area contributed by atoms with Gasteiger partial charge < -0.3 is 14.5 Å². The summed E-state index contributed by atoms with van der Waals surface area (Å²) in [5.41, 5.74) is 0.603. The lowest BCUT2D eigenvalue weighted by molar-refractivity contribution is -0.384. The van der Waals surface area contributed by atoms with E-state index in [1.807, 2.05) is 26.8 Å². The normalized spacial score (nSPS) is 12.2. The summed E-state index contributed by atoms with van der Waals surface area (Å²) in [4.78, 5) is 10.6. The Hall–Kier alpha value is -2.50. The first-order chi connectivity index (χ1) is 9.95. The summed E-state index contributed by atoms with van der Waals surface area (Å²) in [6.07, 6.45) is 1.54. The fourth-order valence-electron chi connectivity index (χ4n) is 1.97. The minimum absolute atomic E-state index is 0.0118. The van der Waals surface area contributed by atoms with Gasteiger partial charge in [0.15, 0.2) is 0 Å². The van der Waals surface area contributed by atoms with Gasteiger partial charge in [-0.15, -0.1) is 0 Å². The lowest BCUT2D eigenvalue weighted by atomic mass is 10.2. The molecule has 2 rings (SSSR count). The van der Waals surface area contributed by atoms with Crippen LogP contribution in [0.5, 0.6) is 5.75 Å².